The standard InChI is InChI=1S/C9H21B2N2/c1-6-7(2)13(11(5)12)8(3)9(6)10-4/h11H,10H2,1-5,12H3/q-1. The van der Waals surface area contributed by atoms with E-state index in [9.17, 15) is 0 Å². The summed E-state index contributed by atoms with van der Waals surface area (Å²) in [5.74, 6) is 0. The molecular weight excluding hydrogens is 158 g/mol. The van der Waals surface area contributed by atoms with Crippen LogP contribution in [0.1, 0.15) is 17.0 Å². The van der Waals surface area contributed by atoms with Crippen LogP contribution in [-0.4, -0.2) is 18.7 Å². The number of quaternary nitrogens is 1. The number of hydrogen-bond donors (Lipinski definition) is 1. The molecule has 0 radical (unpaired) electrons. The Balaban J connectivity index is 3.36. The molecule has 74 valence electrons. The van der Waals surface area contributed by atoms with E-state index in [0.717, 1.165) is 0 Å². The van der Waals surface area contributed by atoms with E-state index in [4.69, 9.17) is 0 Å². The second-order valence-corrected chi connectivity index (χ2v) is 4.39. The van der Waals surface area contributed by atoms with Crippen molar-refractivity contribution in [2.45, 2.75) is 34.4 Å². The van der Waals surface area contributed by atoms with Crippen LogP contribution in [0, 0.1) is 20.8 Å². The summed E-state index contributed by atoms with van der Waals surface area (Å²) in [7, 11) is 0.0827. The van der Waals surface area contributed by atoms with Gasteiger partial charge in [0.05, 0.1) is 0 Å². The van der Waals surface area contributed by atoms with Gasteiger partial charge in [-0.3, -0.25) is 0 Å². The highest BCUT2D eigenvalue weighted by molar-refractivity contribution is 6.54. The second kappa shape index (κ2) is 3.62. The fourth-order valence-corrected chi connectivity index (χ4v) is 2.75. The summed E-state index contributed by atoms with van der Waals surface area (Å²) in [6.45, 7) is 10.9. The van der Waals surface area contributed by atoms with Gasteiger partial charge in [-0.25, -0.2) is 0 Å². The van der Waals surface area contributed by atoms with E-state index in [0.29, 0.717) is 0 Å². The molecule has 0 spiro atoms. The zero-order valence-electron chi connectivity index (χ0n) is 9.86. The SMILES string of the molecule is C[BH2-]c1c(C)c(C)n([BH-](C)[NH3+])c1C. The summed E-state index contributed by atoms with van der Waals surface area (Å²) in [5.41, 5.74) is 10.3. The lowest BCUT2D eigenvalue weighted by molar-refractivity contribution is -0.196. The average molecular weight is 179 g/mol. The van der Waals surface area contributed by atoms with Gasteiger partial charge in [-0.2, -0.15) is 12.3 Å². The van der Waals surface area contributed by atoms with Crippen LogP contribution in [0.15, 0.2) is 0 Å². The molecule has 1 heterocycles. The molecule has 0 fully saturated rings. The van der Waals surface area contributed by atoms with Crippen molar-refractivity contribution in [1.82, 2.24) is 4.48 Å². The molecular formula is C9H21B2N2-. The van der Waals surface area contributed by atoms with Crippen molar-refractivity contribution in [1.29, 1.82) is 0 Å². The van der Waals surface area contributed by atoms with Crippen LogP contribution >= 0.6 is 0 Å². The second-order valence-electron chi connectivity index (χ2n) is 4.39. The largest absolute Gasteiger partial charge is 0.531 e. The van der Waals surface area contributed by atoms with Crippen molar-refractivity contribution in [3.05, 3.63) is 17.0 Å². The molecule has 0 aromatic carbocycles. The van der Waals surface area contributed by atoms with Crippen molar-refractivity contribution in [2.75, 3.05) is 0 Å². The highest BCUT2D eigenvalue weighted by Crippen LogP contribution is 2.10. The summed E-state index contributed by atoms with van der Waals surface area (Å²) >= 11 is 0. The van der Waals surface area contributed by atoms with E-state index < -0.39 is 6.98 Å². The highest BCUT2D eigenvalue weighted by atomic mass is 15.0. The minimum Gasteiger partial charge on any atom is -0.531 e. The summed E-state index contributed by atoms with van der Waals surface area (Å²) in [6, 6.07) is 0. The first kappa shape index (κ1) is 10.5. The van der Waals surface area contributed by atoms with E-state index in [-0.39, 0.29) is 7.28 Å². The monoisotopic (exact) mass is 179 g/mol. The minimum absolute atomic E-state index is 0.0827. The predicted molar refractivity (Wildman–Crippen MR) is 64.0 cm³/mol. The summed E-state index contributed by atoms with van der Waals surface area (Å²) < 4.78 is 2.44. The van der Waals surface area contributed by atoms with E-state index in [1.807, 2.05) is 0 Å². The first-order valence-electron chi connectivity index (χ1n) is 5.72. The van der Waals surface area contributed by atoms with E-state index in [1.165, 1.54) is 17.0 Å². The molecule has 13 heavy (non-hydrogen) atoms. The van der Waals surface area contributed by atoms with Gasteiger partial charge < -0.3 is 10.1 Å². The molecule has 0 amide bonds. The van der Waals surface area contributed by atoms with Gasteiger partial charge in [-0.1, -0.05) is 11.3 Å². The van der Waals surface area contributed by atoms with Crippen LogP contribution in [0.4, 0.5) is 0 Å². The van der Waals surface area contributed by atoms with Gasteiger partial charge in [-0.15, -0.1) is 6.82 Å². The van der Waals surface area contributed by atoms with Crippen LogP contribution in [0.3, 0.4) is 0 Å². The maximum atomic E-state index is 4.18. The van der Waals surface area contributed by atoms with E-state index >= 15 is 0 Å². The van der Waals surface area contributed by atoms with Crippen molar-refractivity contribution in [2.24, 2.45) is 0 Å². The van der Waals surface area contributed by atoms with Gasteiger partial charge in [-0.05, 0) is 33.7 Å². The van der Waals surface area contributed by atoms with Gasteiger partial charge in [0, 0.05) is 0 Å². The Morgan fingerprint density at radius 2 is 1.77 bits per heavy atom. The smallest absolute Gasteiger partial charge is 0.287 e. The molecule has 0 aliphatic carbocycles. The Bertz CT molecular complexity index is 316. The molecule has 0 saturated carbocycles. The Morgan fingerprint density at radius 1 is 1.23 bits per heavy atom. The Hall–Kier alpha value is -0.630. The molecule has 0 aliphatic rings. The summed E-state index contributed by atoms with van der Waals surface area (Å²) in [4.78, 5) is 0. The predicted octanol–water partition coefficient (Wildman–Crippen LogP) is -0.804. The van der Waals surface area contributed by atoms with E-state index in [2.05, 4.69) is 44.5 Å². The maximum absolute atomic E-state index is 4.18. The van der Waals surface area contributed by atoms with Crippen LogP contribution in [0.2, 0.25) is 13.6 Å². The van der Waals surface area contributed by atoms with Crippen LogP contribution < -0.4 is 11.1 Å². The molecule has 1 unspecified atom stereocenters. The molecule has 2 nitrogen and oxygen atoms in total. The average Bonchev–Trinajstić information content (AvgIpc) is 2.24. The zero-order chi connectivity index (χ0) is 10.2. The molecule has 1 aromatic rings. The number of nitrogens with zero attached hydrogens (tertiary/aromatic N) is 1. The van der Waals surface area contributed by atoms with Gasteiger partial charge >= 0.3 is 0 Å². The fraction of sp³-hybridized carbons (Fsp3) is 0.556. The van der Waals surface area contributed by atoms with Crippen molar-refractivity contribution in [3.63, 3.8) is 0 Å². The molecule has 0 bridgehead atoms. The summed E-state index contributed by atoms with van der Waals surface area (Å²) in [5, 5.41) is 0. The first-order chi connectivity index (χ1) is 6.00. The van der Waals surface area contributed by atoms with Gasteiger partial charge in [0.15, 0.2) is 0 Å². The van der Waals surface area contributed by atoms with Crippen molar-refractivity contribution < 1.29 is 5.64 Å². The van der Waals surface area contributed by atoms with Gasteiger partial charge in [0.1, 0.15) is 0 Å². The van der Waals surface area contributed by atoms with Crippen molar-refractivity contribution in [3.8, 4) is 0 Å². The number of rotatable bonds is 2. The third-order valence-corrected chi connectivity index (χ3v) is 3.50. The third kappa shape index (κ3) is 1.55. The molecule has 3 N–H and O–H groups in total. The van der Waals surface area contributed by atoms with Crippen LogP contribution in [-0.2, 0) is 0 Å². The zero-order valence-corrected chi connectivity index (χ0v) is 9.86. The molecule has 0 saturated heterocycles. The minimum atomic E-state index is -0.424. The normalized spacial score (nSPS) is 13.4. The molecule has 1 aromatic heterocycles. The molecule has 1 rings (SSSR count). The molecule has 1 atom stereocenters. The number of hydrogen-bond acceptors (Lipinski definition) is 0. The lowest BCUT2D eigenvalue weighted by Crippen LogP contribution is -2.68. The Labute approximate surface area is 81.9 Å². The van der Waals surface area contributed by atoms with Gasteiger partial charge in [0.2, 0.25) is 0 Å². The summed E-state index contributed by atoms with van der Waals surface area (Å²) in [6.07, 6.45) is 0. The molecule has 0 aliphatic heterocycles. The lowest BCUT2D eigenvalue weighted by Gasteiger charge is -2.17. The Morgan fingerprint density at radius 3 is 2.00 bits per heavy atom. The van der Waals surface area contributed by atoms with Crippen LogP contribution in [0.5, 0.6) is 0 Å². The first-order valence-corrected chi connectivity index (χ1v) is 5.72. The van der Waals surface area contributed by atoms with Crippen molar-refractivity contribution >= 4 is 19.7 Å². The number of aromatic nitrogens is 1. The maximum Gasteiger partial charge on any atom is 0.287 e. The van der Waals surface area contributed by atoms with E-state index in [1.54, 1.807) is 5.46 Å². The Kier molecular flexibility index (Phi) is 2.91. The quantitative estimate of drug-likeness (QED) is 0.576. The molecule has 4 heteroatoms. The van der Waals surface area contributed by atoms with Gasteiger partial charge in [0.25, 0.3) is 6.98 Å². The highest BCUT2D eigenvalue weighted by Gasteiger charge is 2.09. The van der Waals surface area contributed by atoms with Crippen LogP contribution in [0.25, 0.3) is 0 Å². The third-order valence-electron chi connectivity index (χ3n) is 3.50. The fourth-order valence-electron chi connectivity index (χ4n) is 2.75. The lowest BCUT2D eigenvalue weighted by atomic mass is 9.71. The topological polar surface area (TPSA) is 32.6 Å².